The first-order chi connectivity index (χ1) is 8.94. The number of hydrogen-bond donors (Lipinski definition) is 1. The topological polar surface area (TPSA) is 81.2 Å². The number of nitrogens with one attached hydrogen (secondary N) is 1. The van der Waals surface area contributed by atoms with E-state index in [1.54, 1.807) is 12.1 Å². The van der Waals surface area contributed by atoms with Crippen molar-refractivity contribution >= 4 is 11.4 Å². The van der Waals surface area contributed by atoms with Crippen molar-refractivity contribution in [3.63, 3.8) is 0 Å². The molecule has 0 aromatic heterocycles. The third-order valence-electron chi connectivity index (χ3n) is 1.77. The summed E-state index contributed by atoms with van der Waals surface area (Å²) in [5.41, 5.74) is 2.45. The molecule has 0 bridgehead atoms. The largest absolute Gasteiger partial charge is 0.484 e. The molecule has 19 heavy (non-hydrogen) atoms. The van der Waals surface area contributed by atoms with Gasteiger partial charge in [-0.1, -0.05) is 0 Å². The fourth-order valence-corrected chi connectivity index (χ4v) is 0.986. The monoisotopic (exact) mass is 268 g/mol. The summed E-state index contributed by atoms with van der Waals surface area (Å²) in [5.74, 6) is 0.0487. The van der Waals surface area contributed by atoms with Crippen molar-refractivity contribution in [1.82, 2.24) is 0 Å². The molecule has 1 aromatic rings. The predicted octanol–water partition coefficient (Wildman–Crippen LogP) is 2.44. The Kier molecular flexibility index (Phi) is 4.72. The molecule has 1 aromatic carbocycles. The zero-order chi connectivity index (χ0) is 14.3. The Morgan fingerprint density at radius 2 is 1.79 bits per heavy atom. The van der Waals surface area contributed by atoms with E-state index in [9.17, 15) is 13.2 Å². The third-order valence-corrected chi connectivity index (χ3v) is 1.77. The second-order valence-electron chi connectivity index (χ2n) is 3.22. The van der Waals surface area contributed by atoms with E-state index in [4.69, 9.17) is 10.5 Å². The Bertz CT molecular complexity index is 521. The van der Waals surface area contributed by atoms with Gasteiger partial charge in [-0.15, -0.1) is 0 Å². The number of ether oxygens (including phenoxy) is 1. The van der Waals surface area contributed by atoms with Crippen LogP contribution in [0.15, 0.2) is 29.4 Å². The van der Waals surface area contributed by atoms with E-state index in [2.05, 4.69) is 15.3 Å². The first-order valence-electron chi connectivity index (χ1n) is 4.88. The minimum absolute atomic E-state index is 0.0487. The van der Waals surface area contributed by atoms with Crippen LogP contribution in [-0.2, 0) is 0 Å². The Balaban J connectivity index is 2.61. The Hall–Kier alpha value is -2.74. The molecule has 0 saturated carbocycles. The van der Waals surface area contributed by atoms with Gasteiger partial charge in [-0.05, 0) is 24.3 Å². The van der Waals surface area contributed by atoms with Crippen molar-refractivity contribution < 1.29 is 17.9 Å². The Morgan fingerprint density at radius 1 is 1.21 bits per heavy atom. The molecule has 98 valence electrons. The molecule has 0 aliphatic rings. The lowest BCUT2D eigenvalue weighted by molar-refractivity contribution is -0.153. The van der Waals surface area contributed by atoms with Crippen molar-refractivity contribution in [3.8, 4) is 17.9 Å². The molecule has 0 unspecified atom stereocenters. The smallest absolute Gasteiger partial charge is 0.422 e. The summed E-state index contributed by atoms with van der Waals surface area (Å²) in [4.78, 5) is 0. The van der Waals surface area contributed by atoms with Crippen LogP contribution in [0.4, 0.5) is 18.9 Å². The van der Waals surface area contributed by atoms with Gasteiger partial charge in [0.25, 0.3) is 0 Å². The average molecular weight is 268 g/mol. The molecule has 0 aliphatic carbocycles. The Labute approximate surface area is 106 Å². The zero-order valence-electron chi connectivity index (χ0n) is 9.40. The summed E-state index contributed by atoms with van der Waals surface area (Å²) in [7, 11) is 0. The molecule has 0 amide bonds. The lowest BCUT2D eigenvalue weighted by Gasteiger charge is -2.09. The van der Waals surface area contributed by atoms with E-state index >= 15 is 0 Å². The van der Waals surface area contributed by atoms with Crippen LogP contribution >= 0.6 is 0 Å². The van der Waals surface area contributed by atoms with Gasteiger partial charge in [-0.3, -0.25) is 5.43 Å². The summed E-state index contributed by atoms with van der Waals surface area (Å²) in [6.07, 6.45) is -4.39. The van der Waals surface area contributed by atoms with Crippen molar-refractivity contribution in [2.75, 3.05) is 12.0 Å². The highest BCUT2D eigenvalue weighted by Crippen LogP contribution is 2.20. The molecular formula is C11H7F3N4O. The SMILES string of the molecule is N#CC(C#N)=NNc1ccc(OCC(F)(F)F)cc1. The van der Waals surface area contributed by atoms with Crippen molar-refractivity contribution in [2.45, 2.75) is 6.18 Å². The van der Waals surface area contributed by atoms with Crippen molar-refractivity contribution in [2.24, 2.45) is 5.10 Å². The normalized spacial score (nSPS) is 9.95. The maximum absolute atomic E-state index is 11.9. The standard InChI is InChI=1S/C11H7F3N4O/c12-11(13,14)7-19-10-3-1-8(2-4-10)17-18-9(5-15)6-16/h1-4,17H,7H2. The number of nitrogens with zero attached hydrogens (tertiary/aromatic N) is 3. The predicted molar refractivity (Wildman–Crippen MR) is 60.3 cm³/mol. The maximum Gasteiger partial charge on any atom is 0.422 e. The van der Waals surface area contributed by atoms with Crippen LogP contribution in [0.3, 0.4) is 0 Å². The first kappa shape index (κ1) is 14.3. The number of hydrazone groups is 1. The number of rotatable bonds is 4. The summed E-state index contributed by atoms with van der Waals surface area (Å²) in [6.45, 7) is -1.37. The fourth-order valence-electron chi connectivity index (χ4n) is 0.986. The van der Waals surface area contributed by atoms with Crippen LogP contribution < -0.4 is 10.2 Å². The van der Waals surface area contributed by atoms with Crippen molar-refractivity contribution in [3.05, 3.63) is 24.3 Å². The van der Waals surface area contributed by atoms with Gasteiger partial charge in [0, 0.05) is 0 Å². The van der Waals surface area contributed by atoms with E-state index in [-0.39, 0.29) is 11.5 Å². The fraction of sp³-hybridized carbons (Fsp3) is 0.182. The van der Waals surface area contributed by atoms with Gasteiger partial charge in [-0.2, -0.15) is 28.8 Å². The van der Waals surface area contributed by atoms with Crippen LogP contribution in [0.1, 0.15) is 0 Å². The van der Waals surface area contributed by atoms with Crippen LogP contribution in [0.5, 0.6) is 5.75 Å². The minimum atomic E-state index is -4.39. The molecule has 0 atom stereocenters. The Morgan fingerprint density at radius 3 is 2.26 bits per heavy atom. The molecule has 0 radical (unpaired) electrons. The molecule has 0 spiro atoms. The molecule has 0 heterocycles. The molecule has 8 heteroatoms. The lowest BCUT2D eigenvalue weighted by Crippen LogP contribution is -2.19. The second-order valence-corrected chi connectivity index (χ2v) is 3.22. The molecule has 1 N–H and O–H groups in total. The number of alkyl halides is 3. The molecular weight excluding hydrogens is 261 g/mol. The van der Waals surface area contributed by atoms with Gasteiger partial charge in [-0.25, -0.2) is 0 Å². The van der Waals surface area contributed by atoms with Gasteiger partial charge in [0.1, 0.15) is 17.9 Å². The van der Waals surface area contributed by atoms with Gasteiger partial charge in [0.15, 0.2) is 6.61 Å². The zero-order valence-corrected chi connectivity index (χ0v) is 9.40. The third kappa shape index (κ3) is 5.41. The van der Waals surface area contributed by atoms with Gasteiger partial charge in [0.2, 0.25) is 5.71 Å². The van der Waals surface area contributed by atoms with Crippen molar-refractivity contribution in [1.29, 1.82) is 10.5 Å². The highest BCUT2D eigenvalue weighted by Gasteiger charge is 2.28. The van der Waals surface area contributed by atoms with E-state index in [1.165, 1.54) is 24.3 Å². The van der Waals surface area contributed by atoms with Crippen LogP contribution in [0, 0.1) is 22.7 Å². The number of hydrogen-bond acceptors (Lipinski definition) is 5. The molecule has 5 nitrogen and oxygen atoms in total. The van der Waals surface area contributed by atoms with E-state index in [0.29, 0.717) is 5.69 Å². The van der Waals surface area contributed by atoms with Gasteiger partial charge >= 0.3 is 6.18 Å². The van der Waals surface area contributed by atoms with Crippen LogP contribution in [0.25, 0.3) is 0 Å². The minimum Gasteiger partial charge on any atom is -0.484 e. The van der Waals surface area contributed by atoms with E-state index in [1.807, 2.05) is 0 Å². The number of anilines is 1. The van der Waals surface area contributed by atoms with Gasteiger partial charge < -0.3 is 4.74 Å². The van der Waals surface area contributed by atoms with Crippen LogP contribution in [0.2, 0.25) is 0 Å². The average Bonchev–Trinajstić information content (AvgIpc) is 2.38. The van der Waals surface area contributed by atoms with Gasteiger partial charge in [0.05, 0.1) is 5.69 Å². The summed E-state index contributed by atoms with van der Waals surface area (Å²) in [6, 6.07) is 8.52. The summed E-state index contributed by atoms with van der Waals surface area (Å²) in [5, 5.41) is 20.3. The highest BCUT2D eigenvalue weighted by molar-refractivity contribution is 6.10. The number of nitriles is 2. The molecule has 1 rings (SSSR count). The highest BCUT2D eigenvalue weighted by atomic mass is 19.4. The molecule has 0 aliphatic heterocycles. The number of benzene rings is 1. The van der Waals surface area contributed by atoms with Crippen LogP contribution in [-0.4, -0.2) is 18.5 Å². The molecule has 0 saturated heterocycles. The maximum atomic E-state index is 11.9. The summed E-state index contributed by atoms with van der Waals surface area (Å²) < 4.78 is 40.2. The quantitative estimate of drug-likeness (QED) is 0.671. The van der Waals surface area contributed by atoms with E-state index in [0.717, 1.165) is 0 Å². The lowest BCUT2D eigenvalue weighted by atomic mass is 10.3. The second kappa shape index (κ2) is 6.26. The number of halogens is 3. The van der Waals surface area contributed by atoms with E-state index < -0.39 is 12.8 Å². The molecule has 0 fully saturated rings. The first-order valence-corrected chi connectivity index (χ1v) is 4.88. The summed E-state index contributed by atoms with van der Waals surface area (Å²) >= 11 is 0.